The molecule has 1 aliphatic rings. The third-order valence-electron chi connectivity index (χ3n) is 4.01. The maximum absolute atomic E-state index is 5.59. The van der Waals surface area contributed by atoms with Gasteiger partial charge in [-0.15, -0.1) is 5.10 Å². The summed E-state index contributed by atoms with van der Waals surface area (Å²) < 4.78 is 0. The van der Waals surface area contributed by atoms with E-state index < -0.39 is 0 Å². The third-order valence-corrected chi connectivity index (χ3v) is 4.01. The molecule has 1 atom stereocenters. The van der Waals surface area contributed by atoms with E-state index in [1.54, 1.807) is 0 Å². The van der Waals surface area contributed by atoms with Gasteiger partial charge in [-0.2, -0.15) is 5.10 Å². The minimum Gasteiger partial charge on any atom is -0.382 e. The molecule has 0 unspecified atom stereocenters. The quantitative estimate of drug-likeness (QED) is 0.932. The fourth-order valence-electron chi connectivity index (χ4n) is 3.04. The standard InChI is InChI=1S/C16H22N6/c1-11-8-12(2)19-16(18-11)22-7-3-4-13(10-22)9-14-5-6-15(17)21-20-14/h5-6,8,13H,3-4,7,9-10H2,1-2H3,(H2,17,21)/t13-/m0/s1. The Morgan fingerprint density at radius 3 is 2.64 bits per heavy atom. The molecule has 0 saturated carbocycles. The van der Waals surface area contributed by atoms with Crippen LogP contribution in [-0.2, 0) is 6.42 Å². The molecule has 3 rings (SSSR count). The van der Waals surface area contributed by atoms with E-state index in [-0.39, 0.29) is 0 Å². The van der Waals surface area contributed by atoms with E-state index in [0.717, 1.165) is 49.0 Å². The fourth-order valence-corrected chi connectivity index (χ4v) is 3.04. The van der Waals surface area contributed by atoms with Gasteiger partial charge in [0, 0.05) is 24.5 Å². The van der Waals surface area contributed by atoms with Crippen LogP contribution >= 0.6 is 0 Å². The molecule has 0 spiro atoms. The molecule has 1 aliphatic heterocycles. The van der Waals surface area contributed by atoms with Crippen molar-refractivity contribution in [3.05, 3.63) is 35.3 Å². The van der Waals surface area contributed by atoms with Crippen molar-refractivity contribution in [3.63, 3.8) is 0 Å². The molecule has 116 valence electrons. The maximum atomic E-state index is 5.59. The van der Waals surface area contributed by atoms with Crippen molar-refractivity contribution in [3.8, 4) is 0 Å². The first-order valence-electron chi connectivity index (χ1n) is 7.75. The number of hydrogen-bond donors (Lipinski definition) is 1. The zero-order valence-electron chi connectivity index (χ0n) is 13.2. The first-order chi connectivity index (χ1) is 10.6. The van der Waals surface area contributed by atoms with Crippen molar-refractivity contribution in [2.45, 2.75) is 33.1 Å². The predicted molar refractivity (Wildman–Crippen MR) is 86.6 cm³/mol. The Morgan fingerprint density at radius 1 is 1.18 bits per heavy atom. The molecule has 2 N–H and O–H groups in total. The van der Waals surface area contributed by atoms with Gasteiger partial charge in [-0.1, -0.05) is 0 Å². The van der Waals surface area contributed by atoms with Crippen LogP contribution in [0.5, 0.6) is 0 Å². The average Bonchev–Trinajstić information content (AvgIpc) is 2.49. The second kappa shape index (κ2) is 6.25. The molecule has 2 aromatic heterocycles. The van der Waals surface area contributed by atoms with Crippen LogP contribution in [0.2, 0.25) is 0 Å². The fraction of sp³-hybridized carbons (Fsp3) is 0.500. The molecule has 0 aromatic carbocycles. The number of piperidine rings is 1. The second-order valence-electron chi connectivity index (χ2n) is 6.06. The highest BCUT2D eigenvalue weighted by Gasteiger charge is 2.22. The summed E-state index contributed by atoms with van der Waals surface area (Å²) >= 11 is 0. The van der Waals surface area contributed by atoms with Gasteiger partial charge in [0.15, 0.2) is 0 Å². The molecule has 0 radical (unpaired) electrons. The van der Waals surface area contributed by atoms with Crippen molar-refractivity contribution in [2.75, 3.05) is 23.7 Å². The van der Waals surface area contributed by atoms with Crippen LogP contribution in [0, 0.1) is 19.8 Å². The summed E-state index contributed by atoms with van der Waals surface area (Å²) in [5, 5.41) is 8.11. The lowest BCUT2D eigenvalue weighted by atomic mass is 9.93. The molecule has 0 aliphatic carbocycles. The molecule has 3 heterocycles. The molecule has 2 aromatic rings. The maximum Gasteiger partial charge on any atom is 0.225 e. The topological polar surface area (TPSA) is 80.8 Å². The van der Waals surface area contributed by atoms with E-state index in [9.17, 15) is 0 Å². The van der Waals surface area contributed by atoms with Crippen LogP contribution in [0.4, 0.5) is 11.8 Å². The van der Waals surface area contributed by atoms with Gasteiger partial charge in [-0.25, -0.2) is 9.97 Å². The van der Waals surface area contributed by atoms with Crippen molar-refractivity contribution in [2.24, 2.45) is 5.92 Å². The first kappa shape index (κ1) is 14.7. The summed E-state index contributed by atoms with van der Waals surface area (Å²) in [7, 11) is 0. The van der Waals surface area contributed by atoms with Gasteiger partial charge in [-0.05, 0) is 57.2 Å². The number of aryl methyl sites for hydroxylation is 2. The molecule has 0 bridgehead atoms. The Hall–Kier alpha value is -2.24. The summed E-state index contributed by atoms with van der Waals surface area (Å²) in [5.74, 6) is 1.87. The third kappa shape index (κ3) is 3.50. The van der Waals surface area contributed by atoms with Gasteiger partial charge in [0.05, 0.1) is 5.69 Å². The summed E-state index contributed by atoms with van der Waals surface area (Å²) in [6.07, 6.45) is 3.28. The lowest BCUT2D eigenvalue weighted by Gasteiger charge is -2.32. The van der Waals surface area contributed by atoms with Gasteiger partial charge < -0.3 is 10.6 Å². The normalized spacial score (nSPS) is 18.5. The highest BCUT2D eigenvalue weighted by molar-refractivity contribution is 5.33. The number of nitrogen functional groups attached to an aromatic ring is 1. The molecule has 0 amide bonds. The van der Waals surface area contributed by atoms with Crippen LogP contribution < -0.4 is 10.6 Å². The van der Waals surface area contributed by atoms with Crippen molar-refractivity contribution in [1.82, 2.24) is 20.2 Å². The van der Waals surface area contributed by atoms with Gasteiger partial charge in [0.1, 0.15) is 5.82 Å². The number of hydrogen-bond acceptors (Lipinski definition) is 6. The number of anilines is 2. The van der Waals surface area contributed by atoms with Gasteiger partial charge >= 0.3 is 0 Å². The highest BCUT2D eigenvalue weighted by Crippen LogP contribution is 2.23. The zero-order chi connectivity index (χ0) is 15.5. The Balaban J connectivity index is 1.69. The monoisotopic (exact) mass is 298 g/mol. The highest BCUT2D eigenvalue weighted by atomic mass is 15.3. The summed E-state index contributed by atoms with van der Waals surface area (Å²) in [6.45, 7) is 6.02. The Kier molecular flexibility index (Phi) is 4.18. The van der Waals surface area contributed by atoms with Crippen molar-refractivity contribution < 1.29 is 0 Å². The minimum absolute atomic E-state index is 0.470. The minimum atomic E-state index is 0.470. The van der Waals surface area contributed by atoms with Crippen LogP contribution in [0.25, 0.3) is 0 Å². The molecular formula is C16H22N6. The summed E-state index contributed by atoms with van der Waals surface area (Å²) in [4.78, 5) is 11.5. The molecule has 1 fully saturated rings. The van der Waals surface area contributed by atoms with E-state index in [4.69, 9.17) is 5.73 Å². The Labute approximate surface area is 130 Å². The van der Waals surface area contributed by atoms with Gasteiger partial charge in [0.2, 0.25) is 5.95 Å². The van der Waals surface area contributed by atoms with Gasteiger partial charge in [-0.3, -0.25) is 0 Å². The SMILES string of the molecule is Cc1cc(C)nc(N2CCC[C@@H](Cc3ccc(N)nn3)C2)n1. The summed E-state index contributed by atoms with van der Waals surface area (Å²) in [6, 6.07) is 5.79. The number of aromatic nitrogens is 4. The lowest BCUT2D eigenvalue weighted by Crippen LogP contribution is -2.37. The van der Waals surface area contributed by atoms with Crippen molar-refractivity contribution in [1.29, 1.82) is 0 Å². The largest absolute Gasteiger partial charge is 0.382 e. The van der Waals surface area contributed by atoms with E-state index in [0.29, 0.717) is 11.7 Å². The zero-order valence-corrected chi connectivity index (χ0v) is 13.2. The average molecular weight is 298 g/mol. The lowest BCUT2D eigenvalue weighted by molar-refractivity contribution is 0.405. The van der Waals surface area contributed by atoms with E-state index in [1.165, 1.54) is 6.42 Å². The smallest absolute Gasteiger partial charge is 0.225 e. The van der Waals surface area contributed by atoms with Crippen molar-refractivity contribution >= 4 is 11.8 Å². The second-order valence-corrected chi connectivity index (χ2v) is 6.06. The van der Waals surface area contributed by atoms with Gasteiger partial charge in [0.25, 0.3) is 0 Å². The van der Waals surface area contributed by atoms with Crippen LogP contribution in [-0.4, -0.2) is 33.3 Å². The van der Waals surface area contributed by atoms with Crippen LogP contribution in [0.15, 0.2) is 18.2 Å². The molecule has 6 nitrogen and oxygen atoms in total. The van der Waals surface area contributed by atoms with Crippen LogP contribution in [0.1, 0.15) is 29.9 Å². The molecular weight excluding hydrogens is 276 g/mol. The molecule has 6 heteroatoms. The van der Waals surface area contributed by atoms with E-state index in [1.807, 2.05) is 32.0 Å². The predicted octanol–water partition coefficient (Wildman–Crippen LogP) is 1.92. The Bertz CT molecular complexity index is 619. The first-order valence-corrected chi connectivity index (χ1v) is 7.75. The summed E-state index contributed by atoms with van der Waals surface area (Å²) in [5.41, 5.74) is 8.63. The molecule has 1 saturated heterocycles. The number of nitrogens with zero attached hydrogens (tertiary/aromatic N) is 5. The molecule has 22 heavy (non-hydrogen) atoms. The number of nitrogens with two attached hydrogens (primary N) is 1. The van der Waals surface area contributed by atoms with E-state index in [2.05, 4.69) is 25.1 Å². The Morgan fingerprint density at radius 2 is 1.95 bits per heavy atom. The van der Waals surface area contributed by atoms with E-state index >= 15 is 0 Å². The van der Waals surface area contributed by atoms with Crippen LogP contribution in [0.3, 0.4) is 0 Å². The number of rotatable bonds is 3.